The molecule has 4 nitrogen and oxygen atoms in total. The van der Waals surface area contributed by atoms with Crippen molar-refractivity contribution >= 4 is 5.82 Å². The third-order valence-corrected chi connectivity index (χ3v) is 3.50. The Morgan fingerprint density at radius 2 is 2.42 bits per heavy atom. The fourth-order valence-corrected chi connectivity index (χ4v) is 2.55. The van der Waals surface area contributed by atoms with Crippen LogP contribution < -0.4 is 4.90 Å². The molecule has 19 heavy (non-hydrogen) atoms. The maximum absolute atomic E-state index is 9.84. The number of aliphatic hydroxyl groups excluding tert-OH is 1. The molecule has 1 N–H and O–H groups in total. The first-order valence-electron chi connectivity index (χ1n) is 7.22. The predicted molar refractivity (Wildman–Crippen MR) is 76.3 cm³/mol. The van der Waals surface area contributed by atoms with Gasteiger partial charge in [-0.05, 0) is 32.3 Å². The van der Waals surface area contributed by atoms with Gasteiger partial charge in [0.05, 0.1) is 12.2 Å². The van der Waals surface area contributed by atoms with Crippen molar-refractivity contribution in [3.63, 3.8) is 0 Å². The van der Waals surface area contributed by atoms with Gasteiger partial charge in [-0.2, -0.15) is 0 Å². The molecule has 106 valence electrons. The van der Waals surface area contributed by atoms with Crippen molar-refractivity contribution < 1.29 is 9.84 Å². The first-order chi connectivity index (χ1) is 9.22. The van der Waals surface area contributed by atoms with E-state index in [4.69, 9.17) is 4.74 Å². The zero-order chi connectivity index (χ0) is 13.7. The lowest BCUT2D eigenvalue weighted by Crippen LogP contribution is -2.40. The molecule has 0 radical (unpaired) electrons. The number of rotatable bonds is 5. The molecule has 0 bridgehead atoms. The van der Waals surface area contributed by atoms with Crippen LogP contribution in [0.15, 0.2) is 18.3 Å². The molecule has 1 aromatic heterocycles. The van der Waals surface area contributed by atoms with Crippen LogP contribution in [0.5, 0.6) is 0 Å². The number of aliphatic hydroxyl groups is 1. The van der Waals surface area contributed by atoms with Crippen LogP contribution in [0, 0.1) is 0 Å². The molecule has 1 aromatic rings. The Bertz CT molecular complexity index is 395. The van der Waals surface area contributed by atoms with Crippen LogP contribution in [-0.2, 0) is 4.74 Å². The van der Waals surface area contributed by atoms with E-state index in [1.54, 1.807) is 13.1 Å². The minimum absolute atomic E-state index is 0.289. The average Bonchev–Trinajstić information content (AvgIpc) is 2.45. The first-order valence-corrected chi connectivity index (χ1v) is 7.22. The maximum Gasteiger partial charge on any atom is 0.134 e. The first kappa shape index (κ1) is 14.3. The SMILES string of the molecule is CCCOC1CCCN(c2ncccc2C(C)O)C1. The second-order valence-electron chi connectivity index (χ2n) is 5.17. The second-order valence-corrected chi connectivity index (χ2v) is 5.17. The largest absolute Gasteiger partial charge is 0.389 e. The number of ether oxygens (including phenoxy) is 1. The summed E-state index contributed by atoms with van der Waals surface area (Å²) in [5.74, 6) is 0.905. The van der Waals surface area contributed by atoms with E-state index in [1.807, 2.05) is 12.1 Å². The number of anilines is 1. The quantitative estimate of drug-likeness (QED) is 0.887. The van der Waals surface area contributed by atoms with Crippen molar-refractivity contribution in [2.24, 2.45) is 0 Å². The predicted octanol–water partition coefficient (Wildman–Crippen LogP) is 2.53. The van der Waals surface area contributed by atoms with Gasteiger partial charge in [0.2, 0.25) is 0 Å². The molecule has 2 heterocycles. The number of aromatic nitrogens is 1. The fourth-order valence-electron chi connectivity index (χ4n) is 2.55. The number of hydrogen-bond acceptors (Lipinski definition) is 4. The second kappa shape index (κ2) is 6.87. The van der Waals surface area contributed by atoms with E-state index in [1.165, 1.54) is 0 Å². The minimum Gasteiger partial charge on any atom is -0.389 e. The van der Waals surface area contributed by atoms with Gasteiger partial charge >= 0.3 is 0 Å². The lowest BCUT2D eigenvalue weighted by molar-refractivity contribution is 0.0438. The van der Waals surface area contributed by atoms with Crippen LogP contribution in [0.4, 0.5) is 5.82 Å². The Hall–Kier alpha value is -1.13. The summed E-state index contributed by atoms with van der Waals surface area (Å²) in [4.78, 5) is 6.69. The molecule has 1 aliphatic rings. The molecular formula is C15H24N2O2. The normalized spacial score (nSPS) is 21.4. The summed E-state index contributed by atoms with van der Waals surface area (Å²) >= 11 is 0. The highest BCUT2D eigenvalue weighted by Crippen LogP contribution is 2.26. The third kappa shape index (κ3) is 3.67. The molecule has 0 spiro atoms. The molecule has 2 atom stereocenters. The summed E-state index contributed by atoms with van der Waals surface area (Å²) in [6, 6.07) is 3.82. The molecule has 1 saturated heterocycles. The third-order valence-electron chi connectivity index (χ3n) is 3.50. The highest BCUT2D eigenvalue weighted by Gasteiger charge is 2.23. The van der Waals surface area contributed by atoms with Crippen molar-refractivity contribution in [3.05, 3.63) is 23.9 Å². The van der Waals surface area contributed by atoms with E-state index >= 15 is 0 Å². The van der Waals surface area contributed by atoms with E-state index in [0.29, 0.717) is 0 Å². The van der Waals surface area contributed by atoms with Gasteiger partial charge < -0.3 is 14.7 Å². The van der Waals surface area contributed by atoms with Crippen molar-refractivity contribution in [3.8, 4) is 0 Å². The summed E-state index contributed by atoms with van der Waals surface area (Å²) in [6.07, 6.45) is 4.88. The van der Waals surface area contributed by atoms with Crippen LogP contribution in [0.25, 0.3) is 0 Å². The highest BCUT2D eigenvalue weighted by molar-refractivity contribution is 5.48. The van der Waals surface area contributed by atoms with E-state index in [9.17, 15) is 5.11 Å². The zero-order valence-electron chi connectivity index (χ0n) is 11.9. The van der Waals surface area contributed by atoms with E-state index in [2.05, 4.69) is 16.8 Å². The van der Waals surface area contributed by atoms with Gasteiger partial charge in [0.15, 0.2) is 0 Å². The van der Waals surface area contributed by atoms with Crippen molar-refractivity contribution in [1.82, 2.24) is 4.98 Å². The van der Waals surface area contributed by atoms with Crippen LogP contribution in [0.1, 0.15) is 44.8 Å². The van der Waals surface area contributed by atoms with Crippen molar-refractivity contribution in [2.45, 2.75) is 45.3 Å². The van der Waals surface area contributed by atoms with E-state index in [0.717, 1.165) is 50.3 Å². The van der Waals surface area contributed by atoms with Gasteiger partial charge in [-0.3, -0.25) is 0 Å². The number of piperidine rings is 1. The molecule has 2 unspecified atom stereocenters. The molecule has 1 fully saturated rings. The Labute approximate surface area is 115 Å². The van der Waals surface area contributed by atoms with E-state index in [-0.39, 0.29) is 6.10 Å². The maximum atomic E-state index is 9.84. The van der Waals surface area contributed by atoms with E-state index < -0.39 is 6.10 Å². The van der Waals surface area contributed by atoms with Crippen LogP contribution in [-0.4, -0.2) is 35.9 Å². The topological polar surface area (TPSA) is 45.6 Å². The van der Waals surface area contributed by atoms with Crippen LogP contribution in [0.2, 0.25) is 0 Å². The van der Waals surface area contributed by atoms with Crippen LogP contribution in [0.3, 0.4) is 0 Å². The number of pyridine rings is 1. The average molecular weight is 264 g/mol. The fraction of sp³-hybridized carbons (Fsp3) is 0.667. The standard InChI is InChI=1S/C15H24N2O2/c1-3-10-19-13-6-5-9-17(11-13)15-14(12(2)18)7-4-8-16-15/h4,7-8,12-13,18H,3,5-6,9-11H2,1-2H3. The summed E-state index contributed by atoms with van der Waals surface area (Å²) < 4.78 is 5.85. The molecule has 2 rings (SSSR count). The van der Waals surface area contributed by atoms with Crippen molar-refractivity contribution in [2.75, 3.05) is 24.6 Å². The Morgan fingerprint density at radius 3 is 3.16 bits per heavy atom. The van der Waals surface area contributed by atoms with Gasteiger partial charge in [0.25, 0.3) is 0 Å². The smallest absolute Gasteiger partial charge is 0.134 e. The summed E-state index contributed by atoms with van der Waals surface area (Å²) in [5.41, 5.74) is 0.902. The summed E-state index contributed by atoms with van der Waals surface area (Å²) in [7, 11) is 0. The molecule has 0 amide bonds. The Kier molecular flexibility index (Phi) is 5.16. The molecule has 0 aliphatic carbocycles. The lowest BCUT2D eigenvalue weighted by Gasteiger charge is -2.34. The van der Waals surface area contributed by atoms with Gasteiger partial charge in [0, 0.05) is 31.5 Å². The Balaban J connectivity index is 2.08. The van der Waals surface area contributed by atoms with Gasteiger partial charge in [0.1, 0.15) is 5.82 Å². The molecular weight excluding hydrogens is 240 g/mol. The highest BCUT2D eigenvalue weighted by atomic mass is 16.5. The molecule has 0 aromatic carbocycles. The van der Waals surface area contributed by atoms with Gasteiger partial charge in [-0.15, -0.1) is 0 Å². The van der Waals surface area contributed by atoms with Crippen LogP contribution >= 0.6 is 0 Å². The molecule has 4 heteroatoms. The number of hydrogen-bond donors (Lipinski definition) is 1. The monoisotopic (exact) mass is 264 g/mol. The lowest BCUT2D eigenvalue weighted by atomic mass is 10.1. The Morgan fingerprint density at radius 1 is 1.58 bits per heavy atom. The number of nitrogens with zero attached hydrogens (tertiary/aromatic N) is 2. The summed E-state index contributed by atoms with van der Waals surface area (Å²) in [6.45, 7) is 6.60. The summed E-state index contributed by atoms with van der Waals surface area (Å²) in [5, 5.41) is 9.84. The zero-order valence-corrected chi connectivity index (χ0v) is 11.9. The molecule has 0 saturated carbocycles. The molecule has 1 aliphatic heterocycles. The minimum atomic E-state index is -0.486. The van der Waals surface area contributed by atoms with Crippen molar-refractivity contribution in [1.29, 1.82) is 0 Å². The van der Waals surface area contributed by atoms with Gasteiger partial charge in [-0.25, -0.2) is 4.98 Å². The van der Waals surface area contributed by atoms with Gasteiger partial charge in [-0.1, -0.05) is 13.0 Å².